The number of aromatic nitrogens is 6. The van der Waals surface area contributed by atoms with E-state index >= 15 is 0 Å². The number of ketones is 1. The van der Waals surface area contributed by atoms with Gasteiger partial charge in [-0.05, 0) is 23.6 Å². The third-order valence-corrected chi connectivity index (χ3v) is 4.87. The Kier molecular flexibility index (Phi) is 7.18. The molecule has 12 nitrogen and oxygen atoms in total. The number of nitrogens with zero attached hydrogens (tertiary/aromatic N) is 7. The van der Waals surface area contributed by atoms with Crippen LogP contribution in [0.4, 0.5) is 0 Å². The minimum Gasteiger partial charge on any atom is -0.483 e. The fourth-order valence-corrected chi connectivity index (χ4v) is 3.29. The number of nitrogens with one attached hydrogen (secondary N) is 1. The van der Waals surface area contributed by atoms with Gasteiger partial charge in [-0.15, -0.1) is 5.10 Å². The predicted molar refractivity (Wildman–Crippen MR) is 124 cm³/mol. The second-order valence-corrected chi connectivity index (χ2v) is 9.29. The third-order valence-electron chi connectivity index (χ3n) is 4.87. The maximum absolute atomic E-state index is 13.1. The van der Waals surface area contributed by atoms with Crippen LogP contribution in [0, 0.1) is 5.41 Å². The zero-order valence-electron chi connectivity index (χ0n) is 20.2. The molecule has 0 radical (unpaired) electrons. The second-order valence-electron chi connectivity index (χ2n) is 9.29. The molecule has 35 heavy (non-hydrogen) atoms. The summed E-state index contributed by atoms with van der Waals surface area (Å²) in [6, 6.07) is 3.34. The Morgan fingerprint density at radius 2 is 1.83 bits per heavy atom. The van der Waals surface area contributed by atoms with Crippen molar-refractivity contribution in [1.29, 1.82) is 0 Å². The number of carbonyl (C=O) groups excluding carboxylic acids is 1. The lowest BCUT2D eigenvalue weighted by atomic mass is 9.88. The van der Waals surface area contributed by atoms with Crippen LogP contribution < -0.4 is 14.2 Å². The minimum atomic E-state index is -0.186. The van der Waals surface area contributed by atoms with Gasteiger partial charge in [0.1, 0.15) is 31.2 Å². The molecule has 0 fully saturated rings. The first-order valence-corrected chi connectivity index (χ1v) is 11.1. The number of azo groups is 1. The molecule has 0 unspecified atom stereocenters. The van der Waals surface area contributed by atoms with Crippen molar-refractivity contribution in [3.8, 4) is 17.2 Å². The lowest BCUT2D eigenvalue weighted by Crippen LogP contribution is -2.14. The monoisotopic (exact) mass is 480 g/mol. The Bertz CT molecular complexity index is 1220. The second kappa shape index (κ2) is 10.5. The molecule has 1 aliphatic heterocycles. The van der Waals surface area contributed by atoms with E-state index in [0.717, 1.165) is 0 Å². The maximum atomic E-state index is 13.1. The molecule has 2 aromatic heterocycles. The van der Waals surface area contributed by atoms with E-state index in [1.807, 2.05) is 26.8 Å². The van der Waals surface area contributed by atoms with E-state index in [-0.39, 0.29) is 31.0 Å². The molecule has 1 aromatic carbocycles. The van der Waals surface area contributed by atoms with Crippen LogP contribution in [0.2, 0.25) is 0 Å². The molecule has 12 heteroatoms. The van der Waals surface area contributed by atoms with Gasteiger partial charge >= 0.3 is 0 Å². The summed E-state index contributed by atoms with van der Waals surface area (Å²) in [6.45, 7) is 6.98. The number of aromatic amines is 1. The minimum absolute atomic E-state index is 0.0352. The molecular formula is C23H28N8O4. The van der Waals surface area contributed by atoms with Crippen LogP contribution in [0.25, 0.3) is 0 Å². The quantitative estimate of drug-likeness (QED) is 0.411. The van der Waals surface area contributed by atoms with Crippen molar-refractivity contribution in [3.05, 3.63) is 53.3 Å². The van der Waals surface area contributed by atoms with Gasteiger partial charge in [0.25, 0.3) is 0 Å². The molecule has 0 amide bonds. The summed E-state index contributed by atoms with van der Waals surface area (Å²) >= 11 is 0. The summed E-state index contributed by atoms with van der Waals surface area (Å²) < 4.78 is 19.8. The first-order chi connectivity index (χ1) is 16.8. The van der Waals surface area contributed by atoms with Gasteiger partial charge in [0.05, 0.1) is 24.6 Å². The van der Waals surface area contributed by atoms with Crippen LogP contribution in [0.15, 0.2) is 46.5 Å². The lowest BCUT2D eigenvalue weighted by molar-refractivity contribution is 0.0938. The molecule has 3 heterocycles. The fourth-order valence-electron chi connectivity index (χ4n) is 3.29. The van der Waals surface area contributed by atoms with Crippen LogP contribution >= 0.6 is 0 Å². The zero-order chi connectivity index (χ0) is 24.8. The Hall–Kier alpha value is -4.09. The molecule has 3 aromatic rings. The highest BCUT2D eigenvalue weighted by Crippen LogP contribution is 2.41. The highest BCUT2D eigenvalue weighted by Gasteiger charge is 2.23. The van der Waals surface area contributed by atoms with Crippen molar-refractivity contribution in [2.24, 2.45) is 22.7 Å². The smallest absolute Gasteiger partial charge is 0.204 e. The molecule has 0 atom stereocenters. The van der Waals surface area contributed by atoms with E-state index in [1.54, 1.807) is 36.3 Å². The summed E-state index contributed by atoms with van der Waals surface area (Å²) in [4.78, 5) is 13.1. The van der Waals surface area contributed by atoms with E-state index in [1.165, 1.54) is 0 Å². The molecule has 0 saturated heterocycles. The van der Waals surface area contributed by atoms with Crippen molar-refractivity contribution >= 4 is 5.78 Å². The third kappa shape index (κ3) is 6.71. The number of carbonyl (C=O) groups is 1. The molecular weight excluding hydrogens is 452 g/mol. The first-order valence-electron chi connectivity index (χ1n) is 11.1. The molecule has 184 valence electrons. The zero-order valence-corrected chi connectivity index (χ0v) is 20.2. The van der Waals surface area contributed by atoms with E-state index in [2.05, 4.69) is 36.0 Å². The average Bonchev–Trinajstić information content (AvgIpc) is 3.57. The van der Waals surface area contributed by atoms with Crippen molar-refractivity contribution in [3.63, 3.8) is 0 Å². The molecule has 0 aliphatic carbocycles. The van der Waals surface area contributed by atoms with E-state index in [0.29, 0.717) is 52.9 Å². The Balaban J connectivity index is 1.68. The van der Waals surface area contributed by atoms with E-state index in [4.69, 9.17) is 14.2 Å². The Morgan fingerprint density at radius 3 is 2.40 bits per heavy atom. The normalized spacial score (nSPS) is 13.1. The topological polar surface area (TPSA) is 142 Å². The number of hydrogen-bond acceptors (Lipinski definition) is 10. The summed E-state index contributed by atoms with van der Waals surface area (Å²) in [7, 11) is 1.77. The molecule has 4 rings (SSSR count). The molecule has 0 bridgehead atoms. The van der Waals surface area contributed by atoms with Gasteiger partial charge in [-0.25, -0.2) is 0 Å². The molecule has 1 aliphatic rings. The SMILES string of the molecule is Cn1cc(COc2cc(C(=O)CC(C)(C)C)cc(OCc3cn[nH]n3)c2OCC2=CCN=N2)nn1. The average molecular weight is 481 g/mol. The number of aryl methyl sites for hydroxylation is 1. The maximum Gasteiger partial charge on any atom is 0.204 e. The number of ether oxygens (including phenoxy) is 3. The van der Waals surface area contributed by atoms with Crippen molar-refractivity contribution in [2.75, 3.05) is 13.2 Å². The number of benzene rings is 1. The molecule has 1 N–H and O–H groups in total. The molecule has 0 spiro atoms. The van der Waals surface area contributed by atoms with E-state index in [9.17, 15) is 4.79 Å². The van der Waals surface area contributed by atoms with Crippen molar-refractivity contribution < 1.29 is 19.0 Å². The van der Waals surface area contributed by atoms with Gasteiger partial charge in [0.15, 0.2) is 17.3 Å². The highest BCUT2D eigenvalue weighted by molar-refractivity contribution is 5.97. The fraction of sp³-hybridized carbons (Fsp3) is 0.435. The highest BCUT2D eigenvalue weighted by atomic mass is 16.5. The molecule has 0 saturated carbocycles. The number of Topliss-reactive ketones (excluding diaryl/α,β-unsaturated/α-hetero) is 1. The van der Waals surface area contributed by atoms with Gasteiger partial charge in [-0.3, -0.25) is 9.48 Å². The first kappa shape index (κ1) is 24.0. The largest absolute Gasteiger partial charge is 0.483 e. The van der Waals surface area contributed by atoms with Gasteiger partial charge in [-0.1, -0.05) is 26.0 Å². The number of rotatable bonds is 11. The Morgan fingerprint density at radius 1 is 1.09 bits per heavy atom. The van der Waals surface area contributed by atoms with Gasteiger partial charge in [0.2, 0.25) is 5.75 Å². The van der Waals surface area contributed by atoms with Crippen molar-refractivity contribution in [2.45, 2.75) is 40.4 Å². The summed E-state index contributed by atoms with van der Waals surface area (Å²) in [6.07, 6.45) is 5.54. The van der Waals surface area contributed by atoms with Crippen LogP contribution in [0.3, 0.4) is 0 Å². The van der Waals surface area contributed by atoms with Crippen LogP contribution in [-0.4, -0.2) is 49.3 Å². The van der Waals surface area contributed by atoms with Gasteiger partial charge < -0.3 is 14.2 Å². The van der Waals surface area contributed by atoms with Gasteiger partial charge in [-0.2, -0.15) is 25.6 Å². The Labute approximate surface area is 202 Å². The number of H-pyrrole nitrogens is 1. The lowest BCUT2D eigenvalue weighted by Gasteiger charge is -2.20. The van der Waals surface area contributed by atoms with Crippen LogP contribution in [0.1, 0.15) is 48.9 Å². The predicted octanol–water partition coefficient (Wildman–Crippen LogP) is 3.44. The van der Waals surface area contributed by atoms with E-state index < -0.39 is 0 Å². The van der Waals surface area contributed by atoms with Crippen LogP contribution in [0.5, 0.6) is 17.2 Å². The standard InChI is InChI=1S/C23H28N8O4/c1-23(2,3)9-19(32)15-7-20(33-13-17-10-25-29-27-17)22(35-12-16-5-6-24-26-16)21(8-15)34-14-18-11-31(4)30-28-18/h5,7-8,10-11H,6,9,12-14H2,1-4H3,(H,25,27,29). The summed E-state index contributed by atoms with van der Waals surface area (Å²) in [5.41, 5.74) is 2.18. The van der Waals surface area contributed by atoms with Crippen molar-refractivity contribution in [1.82, 2.24) is 30.4 Å². The summed E-state index contributed by atoms with van der Waals surface area (Å²) in [5, 5.41) is 26.4. The number of hydrogen-bond donors (Lipinski definition) is 1. The summed E-state index contributed by atoms with van der Waals surface area (Å²) in [5.74, 6) is 0.998. The van der Waals surface area contributed by atoms with Crippen LogP contribution in [-0.2, 0) is 20.3 Å². The van der Waals surface area contributed by atoms with Gasteiger partial charge in [0, 0.05) is 19.0 Å².